The van der Waals surface area contributed by atoms with Crippen LogP contribution in [0.3, 0.4) is 0 Å². The molecule has 20 heavy (non-hydrogen) atoms. The third-order valence-corrected chi connectivity index (χ3v) is 2.78. The molecule has 1 aromatic rings. The van der Waals surface area contributed by atoms with Crippen molar-refractivity contribution in [2.24, 2.45) is 0 Å². The zero-order chi connectivity index (χ0) is 16.0. The van der Waals surface area contributed by atoms with Gasteiger partial charge in [-0.1, -0.05) is 58.0 Å². The summed E-state index contributed by atoms with van der Waals surface area (Å²) in [6, 6.07) is 9.93. The molecular weight excluding hydrogens is 248 g/mol. The first-order valence-corrected chi connectivity index (χ1v) is 7.65. The van der Waals surface area contributed by atoms with E-state index < -0.39 is 0 Å². The number of likely N-dealkylation sites (N-methyl/N-ethyl adjacent to an activating group) is 2. The van der Waals surface area contributed by atoms with Crippen LogP contribution in [0.5, 0.6) is 0 Å². The number of benzene rings is 1. The van der Waals surface area contributed by atoms with Crippen LogP contribution in [0.25, 0.3) is 0 Å². The normalized spacial score (nSPS) is 10.3. The SMILES string of the molecule is CC.CC.CCN(C)C(=O)C(Cc1ccccc1)NC. The van der Waals surface area contributed by atoms with E-state index >= 15 is 0 Å². The van der Waals surface area contributed by atoms with Crippen molar-refractivity contribution in [2.75, 3.05) is 20.6 Å². The summed E-state index contributed by atoms with van der Waals surface area (Å²) in [6.45, 7) is 10.7. The zero-order valence-corrected chi connectivity index (χ0v) is 14.2. The minimum atomic E-state index is -0.132. The predicted octanol–water partition coefficient (Wildman–Crippen LogP) is 3.35. The standard InChI is InChI=1S/C13H20N2O.2C2H6/c1-4-15(3)13(16)12(14-2)10-11-8-6-5-7-9-11;2*1-2/h5-9,12,14H,4,10H2,1-3H3;2*1-2H3. The Morgan fingerprint density at radius 3 is 2.05 bits per heavy atom. The van der Waals surface area contributed by atoms with Gasteiger partial charge in [0.05, 0.1) is 6.04 Å². The average molecular weight is 280 g/mol. The van der Waals surface area contributed by atoms with Gasteiger partial charge in [-0.25, -0.2) is 0 Å². The van der Waals surface area contributed by atoms with E-state index in [1.165, 1.54) is 5.56 Å². The van der Waals surface area contributed by atoms with Crippen LogP contribution in [0.2, 0.25) is 0 Å². The largest absolute Gasteiger partial charge is 0.345 e. The van der Waals surface area contributed by atoms with Gasteiger partial charge >= 0.3 is 0 Å². The topological polar surface area (TPSA) is 32.3 Å². The fourth-order valence-electron chi connectivity index (χ4n) is 1.58. The number of amides is 1. The molecule has 3 heteroatoms. The van der Waals surface area contributed by atoms with Gasteiger partial charge in [0.15, 0.2) is 0 Å². The highest BCUT2D eigenvalue weighted by atomic mass is 16.2. The van der Waals surface area contributed by atoms with Crippen molar-refractivity contribution >= 4 is 5.91 Å². The molecule has 0 aliphatic rings. The van der Waals surface area contributed by atoms with Gasteiger partial charge in [0.25, 0.3) is 0 Å². The molecule has 1 atom stereocenters. The first-order valence-electron chi connectivity index (χ1n) is 7.65. The van der Waals surface area contributed by atoms with Crippen LogP contribution < -0.4 is 5.32 Å². The van der Waals surface area contributed by atoms with E-state index in [0.29, 0.717) is 0 Å². The predicted molar refractivity (Wildman–Crippen MR) is 89.0 cm³/mol. The molecule has 0 spiro atoms. The van der Waals surface area contributed by atoms with Crippen LogP contribution in [0.15, 0.2) is 30.3 Å². The first kappa shape index (κ1) is 21.0. The second kappa shape index (κ2) is 14.1. The Morgan fingerprint density at radius 2 is 1.65 bits per heavy atom. The third-order valence-electron chi connectivity index (χ3n) is 2.78. The fourth-order valence-corrected chi connectivity index (χ4v) is 1.58. The van der Waals surface area contributed by atoms with Crippen LogP contribution in [-0.4, -0.2) is 37.5 Å². The number of hydrogen-bond acceptors (Lipinski definition) is 2. The maximum Gasteiger partial charge on any atom is 0.239 e. The molecule has 0 radical (unpaired) electrons. The molecule has 0 heterocycles. The highest BCUT2D eigenvalue weighted by molar-refractivity contribution is 5.81. The van der Waals surface area contributed by atoms with E-state index in [-0.39, 0.29) is 11.9 Å². The number of nitrogens with one attached hydrogen (secondary N) is 1. The molecule has 1 unspecified atom stereocenters. The molecule has 0 aromatic heterocycles. The van der Waals surface area contributed by atoms with Crippen LogP contribution >= 0.6 is 0 Å². The van der Waals surface area contributed by atoms with Crippen molar-refractivity contribution in [1.29, 1.82) is 0 Å². The van der Waals surface area contributed by atoms with Gasteiger partial charge in [0.1, 0.15) is 0 Å². The number of carbonyl (C=O) groups is 1. The highest BCUT2D eigenvalue weighted by Gasteiger charge is 2.19. The molecule has 0 saturated carbocycles. The van der Waals surface area contributed by atoms with E-state index in [2.05, 4.69) is 5.32 Å². The summed E-state index contributed by atoms with van der Waals surface area (Å²) >= 11 is 0. The van der Waals surface area contributed by atoms with E-state index in [0.717, 1.165) is 13.0 Å². The maximum absolute atomic E-state index is 12.0. The van der Waals surface area contributed by atoms with Gasteiger partial charge in [-0.15, -0.1) is 0 Å². The number of carbonyl (C=O) groups excluding carboxylic acids is 1. The average Bonchev–Trinajstić information content (AvgIpc) is 2.55. The Bertz CT molecular complexity index is 325. The lowest BCUT2D eigenvalue weighted by Crippen LogP contribution is -2.44. The number of rotatable bonds is 5. The molecule has 116 valence electrons. The van der Waals surface area contributed by atoms with Gasteiger partial charge in [-0.2, -0.15) is 0 Å². The molecule has 1 amide bonds. The maximum atomic E-state index is 12.0. The first-order chi connectivity index (χ1) is 9.69. The minimum absolute atomic E-state index is 0.132. The molecule has 3 nitrogen and oxygen atoms in total. The Labute approximate surface area is 125 Å². The lowest BCUT2D eigenvalue weighted by molar-refractivity contribution is -0.131. The van der Waals surface area contributed by atoms with Gasteiger partial charge in [0, 0.05) is 13.6 Å². The summed E-state index contributed by atoms with van der Waals surface area (Å²) in [6.07, 6.45) is 0.737. The Hall–Kier alpha value is -1.35. The third kappa shape index (κ3) is 7.95. The molecule has 0 aliphatic heterocycles. The summed E-state index contributed by atoms with van der Waals surface area (Å²) in [5, 5.41) is 3.07. The van der Waals surface area contributed by atoms with Crippen molar-refractivity contribution in [1.82, 2.24) is 10.2 Å². The second-order valence-electron chi connectivity index (χ2n) is 3.88. The number of nitrogens with zero attached hydrogens (tertiary/aromatic N) is 1. The molecule has 0 saturated heterocycles. The Balaban J connectivity index is 0. The zero-order valence-electron chi connectivity index (χ0n) is 14.2. The van der Waals surface area contributed by atoms with E-state index in [1.54, 1.807) is 4.90 Å². The Morgan fingerprint density at radius 1 is 1.15 bits per heavy atom. The summed E-state index contributed by atoms with van der Waals surface area (Å²) in [4.78, 5) is 13.7. The minimum Gasteiger partial charge on any atom is -0.345 e. The summed E-state index contributed by atoms with van der Waals surface area (Å²) in [7, 11) is 3.66. The van der Waals surface area contributed by atoms with Crippen LogP contribution in [0, 0.1) is 0 Å². The van der Waals surface area contributed by atoms with Crippen LogP contribution in [0.1, 0.15) is 40.2 Å². The molecule has 1 rings (SSSR count). The molecule has 1 aromatic carbocycles. The van der Waals surface area contributed by atoms with Gasteiger partial charge in [-0.05, 0) is 26.0 Å². The Kier molecular flexibility index (Phi) is 14.7. The number of hydrogen-bond donors (Lipinski definition) is 1. The van der Waals surface area contributed by atoms with Gasteiger partial charge < -0.3 is 10.2 Å². The summed E-state index contributed by atoms with van der Waals surface area (Å²) in [5.74, 6) is 0.147. The van der Waals surface area contributed by atoms with Gasteiger partial charge in [0.2, 0.25) is 5.91 Å². The van der Waals surface area contributed by atoms with Crippen molar-refractivity contribution < 1.29 is 4.79 Å². The monoisotopic (exact) mass is 280 g/mol. The van der Waals surface area contributed by atoms with Gasteiger partial charge in [-0.3, -0.25) is 4.79 Å². The van der Waals surface area contributed by atoms with Crippen molar-refractivity contribution in [3.05, 3.63) is 35.9 Å². The highest BCUT2D eigenvalue weighted by Crippen LogP contribution is 2.04. The van der Waals surface area contributed by atoms with E-state index in [9.17, 15) is 4.79 Å². The van der Waals surface area contributed by atoms with Crippen molar-refractivity contribution in [3.8, 4) is 0 Å². The summed E-state index contributed by atoms with van der Waals surface area (Å²) in [5.41, 5.74) is 1.18. The molecular formula is C17H32N2O. The molecule has 1 N–H and O–H groups in total. The lowest BCUT2D eigenvalue weighted by Gasteiger charge is -2.22. The fraction of sp³-hybridized carbons (Fsp3) is 0.588. The second-order valence-corrected chi connectivity index (χ2v) is 3.88. The van der Waals surface area contributed by atoms with Crippen molar-refractivity contribution in [2.45, 2.75) is 47.1 Å². The molecule has 0 aliphatic carbocycles. The van der Waals surface area contributed by atoms with Crippen LogP contribution in [0.4, 0.5) is 0 Å². The molecule has 0 bridgehead atoms. The lowest BCUT2D eigenvalue weighted by atomic mass is 10.1. The van der Waals surface area contributed by atoms with Crippen molar-refractivity contribution in [3.63, 3.8) is 0 Å². The van der Waals surface area contributed by atoms with E-state index in [4.69, 9.17) is 0 Å². The van der Waals surface area contributed by atoms with Crippen LogP contribution in [-0.2, 0) is 11.2 Å². The quantitative estimate of drug-likeness (QED) is 0.897. The summed E-state index contributed by atoms with van der Waals surface area (Å²) < 4.78 is 0. The smallest absolute Gasteiger partial charge is 0.239 e. The van der Waals surface area contributed by atoms with E-state index in [1.807, 2.05) is 79.0 Å². The molecule has 0 fully saturated rings.